The van der Waals surface area contributed by atoms with E-state index in [9.17, 15) is 13.6 Å². The van der Waals surface area contributed by atoms with Crippen LogP contribution in [0, 0.1) is 0 Å². The molecule has 3 heterocycles. The Bertz CT molecular complexity index is 1030. The first-order valence-corrected chi connectivity index (χ1v) is 9.74. The third-order valence-corrected chi connectivity index (χ3v) is 6.21. The van der Waals surface area contributed by atoms with Gasteiger partial charge in [0.25, 0.3) is 12.3 Å². The van der Waals surface area contributed by atoms with Crippen molar-refractivity contribution in [3.63, 3.8) is 0 Å². The van der Waals surface area contributed by atoms with Crippen LogP contribution in [-0.4, -0.2) is 27.7 Å². The molecule has 3 aliphatic rings. The van der Waals surface area contributed by atoms with E-state index in [0.29, 0.717) is 27.2 Å². The molecule has 0 bridgehead atoms. The summed E-state index contributed by atoms with van der Waals surface area (Å²) in [6.45, 7) is 0. The quantitative estimate of drug-likeness (QED) is 0.739. The molecule has 2 aromatic rings. The molecule has 5 rings (SSSR count). The molecule has 8 heteroatoms. The Morgan fingerprint density at radius 3 is 2.56 bits per heavy atom. The normalized spacial score (nSPS) is 21.0. The Labute approximate surface area is 162 Å². The lowest BCUT2D eigenvalue weighted by Gasteiger charge is -2.15. The predicted molar refractivity (Wildman–Crippen MR) is 100 cm³/mol. The van der Waals surface area contributed by atoms with E-state index >= 15 is 0 Å². The highest BCUT2D eigenvalue weighted by Gasteiger charge is 2.43. The molecule has 1 fully saturated rings. The number of amidine groups is 1. The molecule has 0 N–H and O–H groups in total. The van der Waals surface area contributed by atoms with Gasteiger partial charge in [-0.1, -0.05) is 23.4 Å². The summed E-state index contributed by atoms with van der Waals surface area (Å²) in [5.74, 6) is 0.207. The van der Waals surface area contributed by atoms with E-state index in [1.54, 1.807) is 24.3 Å². The summed E-state index contributed by atoms with van der Waals surface area (Å²) in [5, 5.41) is 0.418. The van der Waals surface area contributed by atoms with Crippen molar-refractivity contribution in [2.45, 2.75) is 35.5 Å². The Kier molecular flexibility index (Phi) is 3.91. The zero-order chi connectivity index (χ0) is 18.7. The van der Waals surface area contributed by atoms with Crippen molar-refractivity contribution in [2.24, 2.45) is 9.98 Å². The number of amides is 1. The lowest BCUT2D eigenvalue weighted by molar-refractivity contribution is -0.116. The molecule has 4 nitrogen and oxygen atoms in total. The topological polar surface area (TPSA) is 54.7 Å². The first kappa shape index (κ1) is 17.0. The van der Waals surface area contributed by atoms with Gasteiger partial charge in [-0.15, -0.1) is 0 Å². The first-order chi connectivity index (χ1) is 13.0. The number of aromatic nitrogens is 1. The summed E-state index contributed by atoms with van der Waals surface area (Å²) in [7, 11) is 0. The maximum absolute atomic E-state index is 13.3. The number of nitrogens with zero attached hydrogens (tertiary/aromatic N) is 3. The number of aliphatic imine (C=N–C) groups is 2. The molecule has 1 amide bonds. The fourth-order valence-electron chi connectivity index (χ4n) is 3.34. The average Bonchev–Trinajstić information content (AvgIpc) is 3.42. The van der Waals surface area contributed by atoms with Crippen molar-refractivity contribution in [3.8, 4) is 0 Å². The predicted octanol–water partition coefficient (Wildman–Crippen LogP) is 4.80. The number of hydrogen-bond acceptors (Lipinski definition) is 4. The van der Waals surface area contributed by atoms with Crippen LogP contribution < -0.4 is 0 Å². The van der Waals surface area contributed by atoms with E-state index in [4.69, 9.17) is 11.6 Å². The molecule has 2 aliphatic heterocycles. The van der Waals surface area contributed by atoms with Crippen LogP contribution in [0.25, 0.3) is 0 Å². The smallest absolute Gasteiger partial charge is 0.271 e. The third-order valence-electron chi connectivity index (χ3n) is 4.78. The van der Waals surface area contributed by atoms with E-state index in [0.717, 1.165) is 24.0 Å². The fraction of sp³-hybridized carbons (Fsp3) is 0.263. The van der Waals surface area contributed by atoms with Gasteiger partial charge in [-0.2, -0.15) is 4.99 Å². The van der Waals surface area contributed by atoms with E-state index in [1.165, 1.54) is 17.8 Å². The van der Waals surface area contributed by atoms with Gasteiger partial charge in [0.1, 0.15) is 16.0 Å². The zero-order valence-corrected chi connectivity index (χ0v) is 15.4. The molecule has 1 aromatic heterocycles. The van der Waals surface area contributed by atoms with E-state index in [1.807, 2.05) is 0 Å². The van der Waals surface area contributed by atoms with Crippen LogP contribution in [0.2, 0.25) is 5.02 Å². The van der Waals surface area contributed by atoms with Crippen molar-refractivity contribution in [1.29, 1.82) is 0 Å². The van der Waals surface area contributed by atoms with Crippen LogP contribution >= 0.6 is 23.4 Å². The van der Waals surface area contributed by atoms with Crippen molar-refractivity contribution < 1.29 is 13.6 Å². The van der Waals surface area contributed by atoms with Crippen molar-refractivity contribution in [1.82, 2.24) is 4.98 Å². The van der Waals surface area contributed by atoms with Crippen molar-refractivity contribution in [3.05, 3.63) is 57.7 Å². The summed E-state index contributed by atoms with van der Waals surface area (Å²) < 4.78 is 26.5. The van der Waals surface area contributed by atoms with E-state index < -0.39 is 11.7 Å². The van der Waals surface area contributed by atoms with Gasteiger partial charge in [0.15, 0.2) is 5.84 Å². The first-order valence-electron chi connectivity index (χ1n) is 8.48. The van der Waals surface area contributed by atoms with Crippen LogP contribution in [0.1, 0.15) is 47.6 Å². The molecule has 27 heavy (non-hydrogen) atoms. The summed E-state index contributed by atoms with van der Waals surface area (Å²) in [6.07, 6.45) is -0.740. The second kappa shape index (κ2) is 6.21. The van der Waals surface area contributed by atoms with E-state index in [2.05, 4.69) is 15.0 Å². The Morgan fingerprint density at radius 1 is 1.15 bits per heavy atom. The van der Waals surface area contributed by atoms with Gasteiger partial charge in [-0.25, -0.2) is 18.8 Å². The van der Waals surface area contributed by atoms with Gasteiger partial charge in [-0.3, -0.25) is 4.79 Å². The second-order valence-electron chi connectivity index (χ2n) is 6.67. The highest BCUT2D eigenvalue weighted by Crippen LogP contribution is 2.49. The SMILES string of the molecule is O=C1N=C(c2ccc(Cl)cc2)N=C2c3c(C4CC4)cc(C(F)F)nc3SC12. The summed E-state index contributed by atoms with van der Waals surface area (Å²) in [4.78, 5) is 25.5. The number of benzene rings is 1. The van der Waals surface area contributed by atoms with Crippen molar-refractivity contribution >= 4 is 40.8 Å². The average molecular weight is 404 g/mol. The summed E-state index contributed by atoms with van der Waals surface area (Å²) >= 11 is 7.09. The molecular weight excluding hydrogens is 392 g/mol. The lowest BCUT2D eigenvalue weighted by Crippen LogP contribution is -2.29. The summed E-state index contributed by atoms with van der Waals surface area (Å²) in [5.41, 5.74) is 2.59. The van der Waals surface area contributed by atoms with Crippen LogP contribution in [-0.2, 0) is 4.79 Å². The zero-order valence-electron chi connectivity index (χ0n) is 13.8. The highest BCUT2D eigenvalue weighted by molar-refractivity contribution is 8.02. The van der Waals surface area contributed by atoms with Crippen LogP contribution in [0.4, 0.5) is 8.78 Å². The van der Waals surface area contributed by atoms with Gasteiger partial charge in [0.05, 0.1) is 5.71 Å². The number of alkyl halides is 2. The third kappa shape index (κ3) is 2.89. The molecule has 0 radical (unpaired) electrons. The van der Waals surface area contributed by atoms with Crippen LogP contribution in [0.5, 0.6) is 0 Å². The van der Waals surface area contributed by atoms with Gasteiger partial charge in [0, 0.05) is 16.1 Å². The minimum absolute atomic E-state index is 0.231. The van der Waals surface area contributed by atoms with Crippen LogP contribution in [0.3, 0.4) is 0 Å². The molecular formula is C19H12ClF2N3OS. The van der Waals surface area contributed by atoms with Gasteiger partial charge in [-0.05, 0) is 54.7 Å². The maximum Gasteiger partial charge on any atom is 0.280 e. The number of thioether (sulfide) groups is 1. The van der Waals surface area contributed by atoms with Crippen molar-refractivity contribution in [2.75, 3.05) is 0 Å². The number of hydrogen-bond donors (Lipinski definition) is 0. The van der Waals surface area contributed by atoms with Gasteiger partial charge >= 0.3 is 0 Å². The number of carbonyl (C=O) groups excluding carboxylic acids is 1. The largest absolute Gasteiger partial charge is 0.280 e. The lowest BCUT2D eigenvalue weighted by atomic mass is 9.97. The second-order valence-corrected chi connectivity index (χ2v) is 8.20. The standard InChI is InChI=1S/C19H12ClF2N3OS/c20-10-5-3-9(4-6-10)17-24-14-13-11(8-1-2-8)7-12(16(21)22)23-19(13)27-15(14)18(26)25-17/h3-8,15-16H,1-2H2. The Balaban J connectivity index is 1.65. The monoisotopic (exact) mass is 403 g/mol. The molecule has 1 saturated carbocycles. The molecule has 136 valence electrons. The van der Waals surface area contributed by atoms with Gasteiger partial charge in [0.2, 0.25) is 0 Å². The fourth-order valence-corrected chi connectivity index (χ4v) is 4.63. The molecule has 1 aromatic carbocycles. The minimum atomic E-state index is -2.64. The molecule has 1 aliphatic carbocycles. The number of fused-ring (bicyclic) bond motifs is 3. The molecule has 1 atom stereocenters. The van der Waals surface area contributed by atoms with Crippen LogP contribution in [0.15, 0.2) is 45.3 Å². The Hall–Kier alpha value is -2.12. The van der Waals surface area contributed by atoms with Gasteiger partial charge < -0.3 is 0 Å². The molecule has 0 saturated heterocycles. The Morgan fingerprint density at radius 2 is 1.89 bits per heavy atom. The molecule has 1 unspecified atom stereocenters. The number of pyridine rings is 1. The maximum atomic E-state index is 13.3. The van der Waals surface area contributed by atoms with E-state index in [-0.39, 0.29) is 17.5 Å². The summed E-state index contributed by atoms with van der Waals surface area (Å²) in [6, 6.07) is 8.40. The number of rotatable bonds is 3. The number of halogens is 3. The molecule has 0 spiro atoms. The number of carbonyl (C=O) groups is 1. The highest BCUT2D eigenvalue weighted by atomic mass is 35.5. The minimum Gasteiger partial charge on any atom is -0.271 e.